The molecule has 2 aromatic rings. The van der Waals surface area contributed by atoms with Crippen LogP contribution in [0.1, 0.15) is 44.1 Å². The Labute approximate surface area is 162 Å². The van der Waals surface area contributed by atoms with Gasteiger partial charge in [0, 0.05) is 16.9 Å². The third-order valence-electron chi connectivity index (χ3n) is 4.62. The summed E-state index contributed by atoms with van der Waals surface area (Å²) in [5.74, 6) is 0.532. The Morgan fingerprint density at radius 2 is 2.23 bits per heavy atom. The van der Waals surface area contributed by atoms with Crippen LogP contribution in [0.2, 0.25) is 0 Å². The topological polar surface area (TPSA) is 61.3 Å². The maximum absolute atomic E-state index is 12.4. The normalized spacial score (nSPS) is 17.9. The minimum atomic E-state index is -0.257. The number of fused-ring (bicyclic) bond motifs is 3. The van der Waals surface area contributed by atoms with Crippen LogP contribution in [0, 0.1) is 5.92 Å². The molecule has 0 aromatic carbocycles. The van der Waals surface area contributed by atoms with Crippen LogP contribution in [0.3, 0.4) is 0 Å². The van der Waals surface area contributed by atoms with Crippen molar-refractivity contribution in [3.05, 3.63) is 16.8 Å². The number of rotatable bonds is 8. The van der Waals surface area contributed by atoms with E-state index in [0.29, 0.717) is 26.2 Å². The molecule has 2 aromatic heterocycles. The number of thioether (sulfide) groups is 1. The maximum atomic E-state index is 12.4. The van der Waals surface area contributed by atoms with Crippen molar-refractivity contribution in [2.75, 3.05) is 19.8 Å². The summed E-state index contributed by atoms with van der Waals surface area (Å²) in [6.45, 7) is 7.61. The van der Waals surface area contributed by atoms with E-state index in [9.17, 15) is 4.79 Å². The summed E-state index contributed by atoms with van der Waals surface area (Å²) < 4.78 is 10.6. The first-order valence-electron chi connectivity index (χ1n) is 9.30. The van der Waals surface area contributed by atoms with E-state index in [1.165, 1.54) is 28.6 Å². The molecule has 0 amide bonds. The molecule has 0 aliphatic heterocycles. The Bertz CT molecular complexity index is 763. The van der Waals surface area contributed by atoms with Gasteiger partial charge in [-0.1, -0.05) is 25.6 Å². The van der Waals surface area contributed by atoms with E-state index in [4.69, 9.17) is 9.47 Å². The molecular weight excluding hydrogens is 368 g/mol. The monoisotopic (exact) mass is 394 g/mol. The van der Waals surface area contributed by atoms with Crippen molar-refractivity contribution in [2.24, 2.45) is 5.92 Å². The second-order valence-electron chi connectivity index (χ2n) is 6.59. The molecule has 142 valence electrons. The van der Waals surface area contributed by atoms with Crippen LogP contribution in [0.5, 0.6) is 0 Å². The molecule has 2 atom stereocenters. The SMILES string of the molecule is CCOCCOC(=O)[C@@H](CC)Sc1ncnc2sc3c(c12)CC[C@@H](C)C3. The van der Waals surface area contributed by atoms with Crippen molar-refractivity contribution in [3.63, 3.8) is 0 Å². The summed E-state index contributed by atoms with van der Waals surface area (Å²) in [5, 5.41) is 1.81. The molecule has 0 saturated heterocycles. The zero-order valence-electron chi connectivity index (χ0n) is 15.6. The molecule has 0 saturated carbocycles. The smallest absolute Gasteiger partial charge is 0.319 e. The Hall–Kier alpha value is -1.18. The van der Waals surface area contributed by atoms with Gasteiger partial charge in [-0.05, 0) is 44.1 Å². The number of aryl methyl sites for hydroxylation is 1. The summed E-state index contributed by atoms with van der Waals surface area (Å²) in [6, 6.07) is 0. The second-order valence-corrected chi connectivity index (χ2v) is 8.86. The first kappa shape index (κ1) is 19.6. The van der Waals surface area contributed by atoms with E-state index in [1.807, 2.05) is 13.8 Å². The van der Waals surface area contributed by atoms with Crippen LogP contribution < -0.4 is 0 Å². The maximum Gasteiger partial charge on any atom is 0.319 e. The molecule has 0 fully saturated rings. The van der Waals surface area contributed by atoms with Crippen molar-refractivity contribution >= 4 is 39.3 Å². The molecule has 1 aliphatic carbocycles. The molecule has 5 nitrogen and oxygen atoms in total. The van der Waals surface area contributed by atoms with E-state index in [0.717, 1.165) is 34.0 Å². The lowest BCUT2D eigenvalue weighted by Crippen LogP contribution is -2.21. The van der Waals surface area contributed by atoms with E-state index in [2.05, 4.69) is 16.9 Å². The van der Waals surface area contributed by atoms with Gasteiger partial charge in [-0.2, -0.15) is 0 Å². The molecule has 2 heterocycles. The molecular formula is C19H26N2O3S2. The third-order valence-corrected chi connectivity index (χ3v) is 7.13. The Morgan fingerprint density at radius 1 is 1.38 bits per heavy atom. The van der Waals surface area contributed by atoms with Crippen LogP contribution >= 0.6 is 23.1 Å². The van der Waals surface area contributed by atoms with Gasteiger partial charge < -0.3 is 9.47 Å². The minimum Gasteiger partial charge on any atom is -0.462 e. The highest BCUT2D eigenvalue weighted by atomic mass is 32.2. The van der Waals surface area contributed by atoms with Crippen LogP contribution in [0.4, 0.5) is 0 Å². The fourth-order valence-corrected chi connectivity index (χ4v) is 5.67. The molecule has 0 bridgehead atoms. The standard InChI is InChI=1S/C19H26N2O3S2/c1-4-14(19(22)24-9-8-23-5-2)25-17-16-13-7-6-12(3)10-15(13)26-18(16)21-11-20-17/h11-12,14H,4-10H2,1-3H3/t12-,14-/m1/s1. The molecule has 0 N–H and O–H groups in total. The highest BCUT2D eigenvalue weighted by Gasteiger charge is 2.26. The lowest BCUT2D eigenvalue weighted by atomic mass is 9.89. The largest absolute Gasteiger partial charge is 0.462 e. The Balaban J connectivity index is 1.78. The number of aromatic nitrogens is 2. The van der Waals surface area contributed by atoms with Crippen molar-refractivity contribution < 1.29 is 14.3 Å². The summed E-state index contributed by atoms with van der Waals surface area (Å²) in [4.78, 5) is 23.9. The van der Waals surface area contributed by atoms with Gasteiger partial charge in [0.2, 0.25) is 0 Å². The van der Waals surface area contributed by atoms with Crippen molar-refractivity contribution in [2.45, 2.75) is 56.7 Å². The molecule has 7 heteroatoms. The quantitative estimate of drug-likeness (QED) is 0.288. The molecule has 0 unspecified atom stereocenters. The average Bonchev–Trinajstić information content (AvgIpc) is 3.01. The predicted molar refractivity (Wildman–Crippen MR) is 106 cm³/mol. The summed E-state index contributed by atoms with van der Waals surface area (Å²) in [6.07, 6.45) is 5.72. The first-order valence-corrected chi connectivity index (χ1v) is 11.0. The highest BCUT2D eigenvalue weighted by molar-refractivity contribution is 8.00. The molecule has 0 spiro atoms. The van der Waals surface area contributed by atoms with Crippen molar-refractivity contribution in [1.29, 1.82) is 0 Å². The van der Waals surface area contributed by atoms with Crippen LogP contribution in [0.15, 0.2) is 11.4 Å². The third kappa shape index (κ3) is 4.38. The van der Waals surface area contributed by atoms with Gasteiger partial charge in [0.25, 0.3) is 0 Å². The lowest BCUT2D eigenvalue weighted by Gasteiger charge is -2.18. The van der Waals surface area contributed by atoms with E-state index in [-0.39, 0.29) is 11.2 Å². The average molecular weight is 395 g/mol. The van der Waals surface area contributed by atoms with Gasteiger partial charge >= 0.3 is 5.97 Å². The first-order chi connectivity index (χ1) is 12.6. The molecule has 0 radical (unpaired) electrons. The van der Waals surface area contributed by atoms with Gasteiger partial charge in [0.15, 0.2) is 0 Å². The molecule has 1 aliphatic rings. The van der Waals surface area contributed by atoms with Gasteiger partial charge in [-0.25, -0.2) is 9.97 Å². The number of thiophene rings is 1. The van der Waals surface area contributed by atoms with Crippen LogP contribution in [0.25, 0.3) is 10.2 Å². The van der Waals surface area contributed by atoms with E-state index in [1.54, 1.807) is 17.7 Å². The van der Waals surface area contributed by atoms with Crippen molar-refractivity contribution in [1.82, 2.24) is 9.97 Å². The predicted octanol–water partition coefficient (Wildman–Crippen LogP) is 4.27. The van der Waals surface area contributed by atoms with Gasteiger partial charge in [-0.15, -0.1) is 11.3 Å². The summed E-state index contributed by atoms with van der Waals surface area (Å²) in [5.41, 5.74) is 1.39. The van der Waals surface area contributed by atoms with Crippen molar-refractivity contribution in [3.8, 4) is 0 Å². The Kier molecular flexibility index (Phi) is 6.89. The van der Waals surface area contributed by atoms with E-state index >= 15 is 0 Å². The summed E-state index contributed by atoms with van der Waals surface area (Å²) >= 11 is 3.29. The number of hydrogen-bond acceptors (Lipinski definition) is 7. The molecule has 3 rings (SSSR count). The number of ether oxygens (including phenoxy) is 2. The second kappa shape index (κ2) is 9.15. The fraction of sp³-hybridized carbons (Fsp3) is 0.632. The number of carbonyl (C=O) groups is 1. The van der Waals surface area contributed by atoms with Crippen LogP contribution in [-0.4, -0.2) is 41.0 Å². The van der Waals surface area contributed by atoms with Gasteiger partial charge in [0.05, 0.1) is 6.61 Å². The van der Waals surface area contributed by atoms with Gasteiger partial charge in [0.1, 0.15) is 28.0 Å². The molecule has 26 heavy (non-hydrogen) atoms. The minimum absolute atomic E-state index is 0.193. The van der Waals surface area contributed by atoms with E-state index < -0.39 is 0 Å². The number of carbonyl (C=O) groups excluding carboxylic acids is 1. The lowest BCUT2D eigenvalue weighted by molar-refractivity contribution is -0.144. The zero-order valence-corrected chi connectivity index (χ0v) is 17.3. The fourth-order valence-electron chi connectivity index (χ4n) is 3.21. The van der Waals surface area contributed by atoms with Gasteiger partial charge in [-0.3, -0.25) is 4.79 Å². The summed E-state index contributed by atoms with van der Waals surface area (Å²) in [7, 11) is 0. The highest BCUT2D eigenvalue weighted by Crippen LogP contribution is 2.41. The van der Waals surface area contributed by atoms with Crippen LogP contribution in [-0.2, 0) is 27.1 Å². The number of hydrogen-bond donors (Lipinski definition) is 0. The number of esters is 1. The zero-order chi connectivity index (χ0) is 18.5. The number of nitrogens with zero attached hydrogens (tertiary/aromatic N) is 2. The Morgan fingerprint density at radius 3 is 3.00 bits per heavy atom.